The van der Waals surface area contributed by atoms with Crippen molar-refractivity contribution in [1.29, 1.82) is 0 Å². The van der Waals surface area contributed by atoms with Gasteiger partial charge < -0.3 is 4.57 Å². The quantitative estimate of drug-likeness (QED) is 0.418. The zero-order valence-corrected chi connectivity index (χ0v) is 15.5. The lowest BCUT2D eigenvalue weighted by molar-refractivity contribution is -0.644. The highest BCUT2D eigenvalue weighted by Crippen LogP contribution is 2.25. The molecule has 4 rings (SSSR count). The van der Waals surface area contributed by atoms with Crippen LogP contribution in [0.4, 0.5) is 0 Å². The minimum Gasteiger partial charge on any atom is -0.347 e. The Kier molecular flexibility index (Phi) is 4.57. The third-order valence-electron chi connectivity index (χ3n) is 5.09. The predicted octanol–water partition coefficient (Wildman–Crippen LogP) is 5.59. The molecule has 2 aromatic carbocycles. The molecule has 0 aliphatic carbocycles. The number of hydrogen-bond donors (Lipinski definition) is 0. The van der Waals surface area contributed by atoms with Crippen molar-refractivity contribution in [2.24, 2.45) is 7.05 Å². The van der Waals surface area contributed by atoms with Crippen molar-refractivity contribution in [2.45, 2.75) is 26.3 Å². The molecule has 0 unspecified atom stereocenters. The molecular weight excluding hydrogens is 316 g/mol. The first-order chi connectivity index (χ1) is 12.8. The van der Waals surface area contributed by atoms with E-state index in [1.807, 2.05) is 0 Å². The van der Waals surface area contributed by atoms with Crippen LogP contribution in [0.15, 0.2) is 67.0 Å². The monoisotopic (exact) mass is 341 g/mol. The number of hydrogen-bond acceptors (Lipinski definition) is 0. The van der Waals surface area contributed by atoms with E-state index in [0.717, 1.165) is 6.54 Å². The maximum absolute atomic E-state index is 2.39. The summed E-state index contributed by atoms with van der Waals surface area (Å²) in [4.78, 5) is 0. The molecule has 130 valence electrons. The average Bonchev–Trinajstić information content (AvgIpc) is 3.04. The molecule has 0 spiro atoms. The SMILES string of the molecule is CCCCn1cc(/C=C/c2cc[n+](C)c3ccccc23)c2ccccc21. The van der Waals surface area contributed by atoms with Crippen molar-refractivity contribution in [3.63, 3.8) is 0 Å². The van der Waals surface area contributed by atoms with Crippen molar-refractivity contribution in [3.05, 3.63) is 78.1 Å². The molecule has 2 heteroatoms. The number of aromatic nitrogens is 2. The summed E-state index contributed by atoms with van der Waals surface area (Å²) in [5.41, 5.74) is 5.11. The van der Waals surface area contributed by atoms with Gasteiger partial charge in [0.1, 0.15) is 7.05 Å². The van der Waals surface area contributed by atoms with E-state index in [9.17, 15) is 0 Å². The first-order valence-electron chi connectivity index (χ1n) is 9.41. The second-order valence-electron chi connectivity index (χ2n) is 6.88. The first kappa shape index (κ1) is 16.6. The molecule has 0 radical (unpaired) electrons. The molecule has 0 bridgehead atoms. The lowest BCUT2D eigenvalue weighted by Crippen LogP contribution is -2.28. The van der Waals surface area contributed by atoms with Gasteiger partial charge in [-0.25, -0.2) is 4.57 Å². The Hall–Kier alpha value is -2.87. The standard InChI is InChI=1S/C24H25N2/c1-3-4-16-26-18-20(22-10-6-8-12-24(22)26)14-13-19-15-17-25(2)23-11-7-5-9-21(19)23/h5-15,17-18H,3-4,16H2,1-2H3/q+1. The second-order valence-corrected chi connectivity index (χ2v) is 6.88. The highest BCUT2D eigenvalue weighted by molar-refractivity contribution is 5.95. The largest absolute Gasteiger partial charge is 0.347 e. The van der Waals surface area contributed by atoms with Crippen LogP contribution in [0.1, 0.15) is 30.9 Å². The van der Waals surface area contributed by atoms with Gasteiger partial charge in [-0.05, 0) is 29.7 Å². The molecule has 0 atom stereocenters. The van der Waals surface area contributed by atoms with Gasteiger partial charge in [0.05, 0.1) is 5.39 Å². The van der Waals surface area contributed by atoms with Crippen LogP contribution in [0.25, 0.3) is 34.0 Å². The van der Waals surface area contributed by atoms with Gasteiger partial charge in [0.2, 0.25) is 5.52 Å². The minimum absolute atomic E-state index is 1.08. The van der Waals surface area contributed by atoms with E-state index >= 15 is 0 Å². The lowest BCUT2D eigenvalue weighted by atomic mass is 10.1. The molecule has 0 saturated carbocycles. The molecule has 0 N–H and O–H groups in total. The Bertz CT molecular complexity index is 1090. The van der Waals surface area contributed by atoms with Crippen molar-refractivity contribution in [2.75, 3.05) is 0 Å². The molecule has 2 heterocycles. The second kappa shape index (κ2) is 7.17. The van der Waals surface area contributed by atoms with E-state index < -0.39 is 0 Å². The summed E-state index contributed by atoms with van der Waals surface area (Å²) in [7, 11) is 2.09. The number of aryl methyl sites for hydroxylation is 2. The van der Waals surface area contributed by atoms with Gasteiger partial charge in [0, 0.05) is 35.8 Å². The number of rotatable bonds is 5. The number of benzene rings is 2. The van der Waals surface area contributed by atoms with Gasteiger partial charge in [-0.1, -0.05) is 55.8 Å². The minimum atomic E-state index is 1.08. The molecule has 26 heavy (non-hydrogen) atoms. The molecule has 0 amide bonds. The predicted molar refractivity (Wildman–Crippen MR) is 111 cm³/mol. The van der Waals surface area contributed by atoms with E-state index in [4.69, 9.17) is 0 Å². The summed E-state index contributed by atoms with van der Waals surface area (Å²) in [6.07, 6.45) is 11.3. The molecule has 4 aromatic rings. The zero-order valence-electron chi connectivity index (χ0n) is 15.5. The van der Waals surface area contributed by atoms with Crippen LogP contribution in [-0.4, -0.2) is 4.57 Å². The Morgan fingerprint density at radius 2 is 1.62 bits per heavy atom. The fourth-order valence-corrected chi connectivity index (χ4v) is 3.63. The summed E-state index contributed by atoms with van der Waals surface area (Å²) >= 11 is 0. The molecular formula is C24H25N2+. The highest BCUT2D eigenvalue weighted by Gasteiger charge is 2.08. The van der Waals surface area contributed by atoms with Crippen LogP contribution < -0.4 is 4.57 Å². The Labute approximate surface area is 155 Å². The van der Waals surface area contributed by atoms with E-state index in [2.05, 4.69) is 102 Å². The van der Waals surface area contributed by atoms with Crippen LogP contribution >= 0.6 is 0 Å². The van der Waals surface area contributed by atoms with Crippen molar-refractivity contribution in [1.82, 2.24) is 4.57 Å². The van der Waals surface area contributed by atoms with E-state index in [0.29, 0.717) is 0 Å². The fourth-order valence-electron chi connectivity index (χ4n) is 3.63. The third-order valence-corrected chi connectivity index (χ3v) is 5.09. The fraction of sp³-hybridized carbons (Fsp3) is 0.208. The van der Waals surface area contributed by atoms with Gasteiger partial charge in [-0.2, -0.15) is 0 Å². The maximum atomic E-state index is 2.39. The highest BCUT2D eigenvalue weighted by atomic mass is 15.0. The van der Waals surface area contributed by atoms with Crippen LogP contribution in [-0.2, 0) is 13.6 Å². The Morgan fingerprint density at radius 3 is 2.46 bits per heavy atom. The van der Waals surface area contributed by atoms with Crippen molar-refractivity contribution < 1.29 is 4.57 Å². The van der Waals surface area contributed by atoms with Gasteiger partial charge in [-0.15, -0.1) is 0 Å². The molecule has 0 fully saturated rings. The normalized spacial score (nSPS) is 11.8. The topological polar surface area (TPSA) is 8.81 Å². The molecule has 2 nitrogen and oxygen atoms in total. The van der Waals surface area contributed by atoms with E-state index in [1.54, 1.807) is 0 Å². The van der Waals surface area contributed by atoms with Crippen LogP contribution in [0.2, 0.25) is 0 Å². The first-order valence-corrected chi connectivity index (χ1v) is 9.41. The lowest BCUT2D eigenvalue weighted by Gasteiger charge is -2.02. The number of fused-ring (bicyclic) bond motifs is 2. The van der Waals surface area contributed by atoms with E-state index in [-0.39, 0.29) is 0 Å². The van der Waals surface area contributed by atoms with Gasteiger partial charge >= 0.3 is 0 Å². The average molecular weight is 341 g/mol. The van der Waals surface area contributed by atoms with Gasteiger partial charge in [0.15, 0.2) is 6.20 Å². The summed E-state index contributed by atoms with van der Waals surface area (Å²) in [5.74, 6) is 0. The number of nitrogens with zero attached hydrogens (tertiary/aromatic N) is 2. The maximum Gasteiger partial charge on any atom is 0.212 e. The summed E-state index contributed by atoms with van der Waals surface area (Å²) in [5, 5.41) is 2.61. The van der Waals surface area contributed by atoms with Crippen molar-refractivity contribution in [3.8, 4) is 0 Å². The van der Waals surface area contributed by atoms with Crippen LogP contribution in [0.5, 0.6) is 0 Å². The molecule has 0 aliphatic rings. The van der Waals surface area contributed by atoms with E-state index in [1.165, 1.54) is 45.8 Å². The van der Waals surface area contributed by atoms with Crippen LogP contribution in [0.3, 0.4) is 0 Å². The summed E-state index contributed by atoms with van der Waals surface area (Å²) in [6, 6.07) is 19.5. The molecule has 0 aliphatic heterocycles. The summed E-state index contributed by atoms with van der Waals surface area (Å²) in [6.45, 7) is 3.32. The number of para-hydroxylation sites is 2. The van der Waals surface area contributed by atoms with Gasteiger partial charge in [-0.3, -0.25) is 0 Å². The zero-order chi connectivity index (χ0) is 17.9. The summed E-state index contributed by atoms with van der Waals surface area (Å²) < 4.78 is 4.56. The Balaban J connectivity index is 1.77. The molecule has 2 aromatic heterocycles. The van der Waals surface area contributed by atoms with Crippen LogP contribution in [0, 0.1) is 0 Å². The molecule has 0 saturated heterocycles. The van der Waals surface area contributed by atoms with Gasteiger partial charge in [0.25, 0.3) is 0 Å². The van der Waals surface area contributed by atoms with Crippen molar-refractivity contribution >= 4 is 34.0 Å². The third kappa shape index (κ3) is 3.03. The Morgan fingerprint density at radius 1 is 0.885 bits per heavy atom. The number of pyridine rings is 1. The number of unbranched alkanes of at least 4 members (excludes halogenated alkanes) is 1. The smallest absolute Gasteiger partial charge is 0.212 e.